The molecule has 0 radical (unpaired) electrons. The average Bonchev–Trinajstić information content (AvgIpc) is 2.27. The standard InChI is InChI=1S/C16H36N2O/c1-7-9-16(6,13-17-15(3,4)5)14-18(10-8-2)11-12-19/h17,19H,7-14H2,1-6H3. The lowest BCUT2D eigenvalue weighted by Gasteiger charge is -2.38. The molecule has 0 aromatic carbocycles. The Labute approximate surface area is 120 Å². The molecule has 0 heterocycles. The minimum atomic E-state index is 0.168. The lowest BCUT2D eigenvalue weighted by Crippen LogP contribution is -2.48. The van der Waals surface area contributed by atoms with E-state index in [4.69, 9.17) is 0 Å². The summed E-state index contributed by atoms with van der Waals surface area (Å²) in [4.78, 5) is 2.40. The minimum Gasteiger partial charge on any atom is -0.395 e. The van der Waals surface area contributed by atoms with E-state index in [2.05, 4.69) is 51.8 Å². The van der Waals surface area contributed by atoms with E-state index in [1.165, 1.54) is 12.8 Å². The van der Waals surface area contributed by atoms with Crippen molar-refractivity contribution in [2.45, 2.75) is 66.3 Å². The van der Waals surface area contributed by atoms with Crippen molar-refractivity contribution < 1.29 is 5.11 Å². The summed E-state index contributed by atoms with van der Waals surface area (Å²) in [6.07, 6.45) is 3.58. The number of rotatable bonds is 10. The van der Waals surface area contributed by atoms with Crippen molar-refractivity contribution in [1.82, 2.24) is 10.2 Å². The van der Waals surface area contributed by atoms with Gasteiger partial charge in [0, 0.05) is 25.2 Å². The van der Waals surface area contributed by atoms with Gasteiger partial charge in [0.25, 0.3) is 0 Å². The van der Waals surface area contributed by atoms with Gasteiger partial charge in [-0.1, -0.05) is 27.2 Å². The van der Waals surface area contributed by atoms with Crippen molar-refractivity contribution in [3.05, 3.63) is 0 Å². The minimum absolute atomic E-state index is 0.168. The van der Waals surface area contributed by atoms with Gasteiger partial charge >= 0.3 is 0 Å². The number of aliphatic hydroxyl groups excluding tert-OH is 1. The summed E-state index contributed by atoms with van der Waals surface area (Å²) in [5.74, 6) is 0. The van der Waals surface area contributed by atoms with E-state index in [9.17, 15) is 5.11 Å². The molecule has 19 heavy (non-hydrogen) atoms. The first-order chi connectivity index (χ1) is 8.76. The molecule has 0 aliphatic heterocycles. The van der Waals surface area contributed by atoms with Gasteiger partial charge in [-0.3, -0.25) is 0 Å². The Morgan fingerprint density at radius 1 is 1.00 bits per heavy atom. The number of hydrogen-bond acceptors (Lipinski definition) is 3. The highest BCUT2D eigenvalue weighted by Crippen LogP contribution is 2.25. The molecule has 116 valence electrons. The third kappa shape index (κ3) is 9.42. The molecule has 3 nitrogen and oxygen atoms in total. The van der Waals surface area contributed by atoms with Crippen LogP contribution in [0.4, 0.5) is 0 Å². The predicted octanol–water partition coefficient (Wildman–Crippen LogP) is 2.89. The van der Waals surface area contributed by atoms with E-state index >= 15 is 0 Å². The van der Waals surface area contributed by atoms with Crippen LogP contribution in [0.15, 0.2) is 0 Å². The first kappa shape index (κ1) is 18.9. The molecule has 1 unspecified atom stereocenters. The van der Waals surface area contributed by atoms with E-state index in [0.717, 1.165) is 32.6 Å². The quantitative estimate of drug-likeness (QED) is 0.642. The van der Waals surface area contributed by atoms with Crippen molar-refractivity contribution in [3.63, 3.8) is 0 Å². The van der Waals surface area contributed by atoms with E-state index in [1.807, 2.05) is 0 Å². The fourth-order valence-electron chi connectivity index (χ4n) is 2.57. The van der Waals surface area contributed by atoms with Crippen molar-refractivity contribution in [3.8, 4) is 0 Å². The van der Waals surface area contributed by atoms with Gasteiger partial charge in [0.1, 0.15) is 0 Å². The van der Waals surface area contributed by atoms with Gasteiger partial charge in [0.05, 0.1) is 6.61 Å². The Kier molecular flexibility index (Phi) is 8.88. The topological polar surface area (TPSA) is 35.5 Å². The van der Waals surface area contributed by atoms with Crippen LogP contribution in [0.1, 0.15) is 60.8 Å². The second kappa shape index (κ2) is 8.93. The SMILES string of the molecule is CCCN(CCO)CC(C)(CCC)CNC(C)(C)C. The van der Waals surface area contributed by atoms with Crippen LogP contribution in [-0.4, -0.2) is 48.3 Å². The molecule has 0 amide bonds. The maximum absolute atomic E-state index is 9.19. The molecule has 3 heteroatoms. The van der Waals surface area contributed by atoms with Gasteiger partial charge in [-0.25, -0.2) is 0 Å². The molecule has 0 aliphatic rings. The zero-order valence-corrected chi connectivity index (χ0v) is 14.1. The molecule has 0 saturated heterocycles. The number of nitrogens with one attached hydrogen (secondary N) is 1. The maximum atomic E-state index is 9.19. The van der Waals surface area contributed by atoms with Crippen LogP contribution >= 0.6 is 0 Å². The van der Waals surface area contributed by atoms with Crippen LogP contribution in [0, 0.1) is 5.41 Å². The van der Waals surface area contributed by atoms with Crippen LogP contribution in [0.25, 0.3) is 0 Å². The summed E-state index contributed by atoms with van der Waals surface area (Å²) < 4.78 is 0. The summed E-state index contributed by atoms with van der Waals surface area (Å²) in [7, 11) is 0. The van der Waals surface area contributed by atoms with Gasteiger partial charge in [0.15, 0.2) is 0 Å². The van der Waals surface area contributed by atoms with Crippen LogP contribution < -0.4 is 5.32 Å². The van der Waals surface area contributed by atoms with Gasteiger partial charge in [0.2, 0.25) is 0 Å². The number of aliphatic hydroxyl groups is 1. The molecule has 0 spiro atoms. The summed E-state index contributed by atoms with van der Waals surface area (Å²) in [5.41, 5.74) is 0.452. The zero-order chi connectivity index (χ0) is 14.9. The first-order valence-electron chi connectivity index (χ1n) is 7.84. The van der Waals surface area contributed by atoms with Crippen LogP contribution in [0.2, 0.25) is 0 Å². The molecular formula is C16H36N2O. The largest absolute Gasteiger partial charge is 0.395 e. The van der Waals surface area contributed by atoms with Gasteiger partial charge in [-0.15, -0.1) is 0 Å². The fraction of sp³-hybridized carbons (Fsp3) is 1.00. The van der Waals surface area contributed by atoms with E-state index in [-0.39, 0.29) is 17.6 Å². The molecular weight excluding hydrogens is 236 g/mol. The highest BCUT2D eigenvalue weighted by molar-refractivity contribution is 4.84. The molecule has 0 fully saturated rings. The van der Waals surface area contributed by atoms with Crippen LogP contribution in [-0.2, 0) is 0 Å². The molecule has 0 aliphatic carbocycles. The van der Waals surface area contributed by atoms with Crippen molar-refractivity contribution in [1.29, 1.82) is 0 Å². The predicted molar refractivity (Wildman–Crippen MR) is 84.6 cm³/mol. The zero-order valence-electron chi connectivity index (χ0n) is 14.1. The third-order valence-corrected chi connectivity index (χ3v) is 3.46. The highest BCUT2D eigenvalue weighted by Gasteiger charge is 2.27. The van der Waals surface area contributed by atoms with Crippen LogP contribution in [0.3, 0.4) is 0 Å². The molecule has 0 bridgehead atoms. The Hall–Kier alpha value is -0.120. The number of nitrogens with zero attached hydrogens (tertiary/aromatic N) is 1. The van der Waals surface area contributed by atoms with Gasteiger partial charge < -0.3 is 15.3 Å². The van der Waals surface area contributed by atoms with Crippen molar-refractivity contribution in [2.24, 2.45) is 5.41 Å². The maximum Gasteiger partial charge on any atom is 0.0558 e. The first-order valence-corrected chi connectivity index (χ1v) is 7.84. The van der Waals surface area contributed by atoms with E-state index in [0.29, 0.717) is 0 Å². The van der Waals surface area contributed by atoms with E-state index in [1.54, 1.807) is 0 Å². The second-order valence-electron chi connectivity index (χ2n) is 7.16. The fourth-order valence-corrected chi connectivity index (χ4v) is 2.57. The Morgan fingerprint density at radius 3 is 2.05 bits per heavy atom. The Balaban J connectivity index is 4.56. The van der Waals surface area contributed by atoms with Gasteiger partial charge in [-0.05, 0) is 45.6 Å². The van der Waals surface area contributed by atoms with Crippen molar-refractivity contribution in [2.75, 3.05) is 32.8 Å². The van der Waals surface area contributed by atoms with E-state index < -0.39 is 0 Å². The second-order valence-corrected chi connectivity index (χ2v) is 7.16. The highest BCUT2D eigenvalue weighted by atomic mass is 16.3. The molecule has 0 aromatic heterocycles. The smallest absolute Gasteiger partial charge is 0.0558 e. The van der Waals surface area contributed by atoms with Crippen molar-refractivity contribution >= 4 is 0 Å². The lowest BCUT2D eigenvalue weighted by molar-refractivity contribution is 0.119. The summed E-state index contributed by atoms with van der Waals surface area (Å²) in [6, 6.07) is 0. The summed E-state index contributed by atoms with van der Waals surface area (Å²) in [6.45, 7) is 17.7. The lowest BCUT2D eigenvalue weighted by atomic mass is 9.84. The van der Waals surface area contributed by atoms with Gasteiger partial charge in [-0.2, -0.15) is 0 Å². The molecule has 2 N–H and O–H groups in total. The Bertz CT molecular complexity index is 219. The van der Waals surface area contributed by atoms with Crippen LogP contribution in [0.5, 0.6) is 0 Å². The molecule has 0 saturated carbocycles. The third-order valence-electron chi connectivity index (χ3n) is 3.46. The summed E-state index contributed by atoms with van der Waals surface area (Å²) >= 11 is 0. The summed E-state index contributed by atoms with van der Waals surface area (Å²) in [5, 5.41) is 12.8. The average molecular weight is 272 g/mol. The number of hydrogen-bond donors (Lipinski definition) is 2. The molecule has 1 atom stereocenters. The Morgan fingerprint density at radius 2 is 1.63 bits per heavy atom. The normalized spacial score (nSPS) is 15.8. The molecule has 0 aromatic rings. The molecule has 0 rings (SSSR count). The monoisotopic (exact) mass is 272 g/mol.